The number of carbonyl (C=O) groups excluding carboxylic acids is 1. The van der Waals surface area contributed by atoms with Crippen LogP contribution in [-0.4, -0.2) is 13.1 Å². The molecule has 0 aliphatic rings. The summed E-state index contributed by atoms with van der Waals surface area (Å²) in [6.07, 6.45) is 0. The molecule has 0 spiro atoms. The van der Waals surface area contributed by atoms with E-state index in [0.29, 0.717) is 5.02 Å². The normalized spacial score (nSPS) is 13.3. The first-order valence-electron chi connectivity index (χ1n) is 6.34. The van der Waals surface area contributed by atoms with Gasteiger partial charge in [-0.3, -0.25) is 0 Å². The second kappa shape index (κ2) is 6.50. The predicted octanol–water partition coefficient (Wildman–Crippen LogP) is 4.60. The van der Waals surface area contributed by atoms with Crippen molar-refractivity contribution in [2.75, 3.05) is 12.4 Å². The van der Waals surface area contributed by atoms with E-state index < -0.39 is 5.54 Å². The molecule has 0 aliphatic heterocycles. The Kier molecular flexibility index (Phi) is 4.91. The lowest BCUT2D eigenvalue weighted by molar-refractivity contribution is -0.145. The Labute approximate surface area is 137 Å². The van der Waals surface area contributed by atoms with E-state index in [0.717, 1.165) is 15.7 Å². The summed E-state index contributed by atoms with van der Waals surface area (Å²) in [5.74, 6) is -0.371. The fourth-order valence-electron chi connectivity index (χ4n) is 2.08. The lowest BCUT2D eigenvalue weighted by Crippen LogP contribution is -2.41. The van der Waals surface area contributed by atoms with Gasteiger partial charge in [-0.2, -0.15) is 0 Å². The molecule has 0 radical (unpaired) electrons. The lowest BCUT2D eigenvalue weighted by atomic mass is 9.91. The molecule has 5 heteroatoms. The van der Waals surface area contributed by atoms with Crippen LogP contribution < -0.4 is 5.32 Å². The smallest absolute Gasteiger partial charge is 0.335 e. The number of nitrogens with one attached hydrogen (secondary N) is 1. The number of methoxy groups -OCH3 is 1. The Bertz CT molecular complexity index is 645. The number of ether oxygens (including phenoxy) is 1. The average Bonchev–Trinajstić information content (AvgIpc) is 2.46. The summed E-state index contributed by atoms with van der Waals surface area (Å²) >= 11 is 9.38. The molecule has 110 valence electrons. The summed E-state index contributed by atoms with van der Waals surface area (Å²) in [4.78, 5) is 12.3. The monoisotopic (exact) mass is 367 g/mol. The van der Waals surface area contributed by atoms with E-state index in [2.05, 4.69) is 21.2 Å². The van der Waals surface area contributed by atoms with Gasteiger partial charge in [-0.15, -0.1) is 0 Å². The molecule has 21 heavy (non-hydrogen) atoms. The third kappa shape index (κ3) is 3.57. The number of benzene rings is 2. The molecule has 1 N–H and O–H groups in total. The molecule has 2 aromatic rings. The van der Waals surface area contributed by atoms with E-state index in [1.54, 1.807) is 19.1 Å². The van der Waals surface area contributed by atoms with Gasteiger partial charge in [0.05, 0.1) is 7.11 Å². The highest BCUT2D eigenvalue weighted by Crippen LogP contribution is 2.29. The van der Waals surface area contributed by atoms with Gasteiger partial charge in [-0.1, -0.05) is 45.7 Å². The Hall–Kier alpha value is -1.52. The molecule has 0 saturated heterocycles. The number of halogens is 2. The maximum absolute atomic E-state index is 12.3. The Morgan fingerprint density at radius 1 is 1.24 bits per heavy atom. The number of rotatable bonds is 4. The predicted molar refractivity (Wildman–Crippen MR) is 88.6 cm³/mol. The van der Waals surface area contributed by atoms with Gasteiger partial charge in [0.25, 0.3) is 0 Å². The largest absolute Gasteiger partial charge is 0.467 e. The van der Waals surface area contributed by atoms with Crippen LogP contribution >= 0.6 is 27.5 Å². The molecule has 0 fully saturated rings. The third-order valence-corrected chi connectivity index (χ3v) is 4.00. The van der Waals surface area contributed by atoms with Crippen molar-refractivity contribution in [3.8, 4) is 0 Å². The zero-order chi connectivity index (χ0) is 15.5. The Morgan fingerprint density at radius 3 is 2.48 bits per heavy atom. The van der Waals surface area contributed by atoms with Gasteiger partial charge in [0.2, 0.25) is 0 Å². The van der Waals surface area contributed by atoms with Crippen LogP contribution in [-0.2, 0) is 15.1 Å². The first kappa shape index (κ1) is 15.9. The molecule has 1 unspecified atom stereocenters. The van der Waals surface area contributed by atoms with Gasteiger partial charge in [0.15, 0.2) is 5.54 Å². The van der Waals surface area contributed by atoms with Crippen molar-refractivity contribution in [3.63, 3.8) is 0 Å². The van der Waals surface area contributed by atoms with Crippen LogP contribution in [0.4, 0.5) is 5.69 Å². The second-order valence-electron chi connectivity index (χ2n) is 4.76. The van der Waals surface area contributed by atoms with Crippen LogP contribution in [0.5, 0.6) is 0 Å². The molecule has 0 heterocycles. The van der Waals surface area contributed by atoms with Crippen LogP contribution in [0.1, 0.15) is 12.5 Å². The average molecular weight is 369 g/mol. The van der Waals surface area contributed by atoms with Crippen LogP contribution in [0.25, 0.3) is 0 Å². The van der Waals surface area contributed by atoms with Gasteiger partial charge < -0.3 is 10.1 Å². The van der Waals surface area contributed by atoms with Crippen LogP contribution in [0, 0.1) is 0 Å². The highest BCUT2D eigenvalue weighted by molar-refractivity contribution is 9.10. The molecule has 2 aromatic carbocycles. The molecular formula is C16H15BrClNO2. The minimum atomic E-state index is -1.000. The topological polar surface area (TPSA) is 38.3 Å². The highest BCUT2D eigenvalue weighted by atomic mass is 79.9. The number of esters is 1. The minimum absolute atomic E-state index is 0.371. The van der Waals surface area contributed by atoms with Gasteiger partial charge in [0, 0.05) is 15.2 Å². The Morgan fingerprint density at radius 2 is 1.90 bits per heavy atom. The van der Waals surface area contributed by atoms with Crippen molar-refractivity contribution in [1.82, 2.24) is 0 Å². The quantitative estimate of drug-likeness (QED) is 0.801. The maximum Gasteiger partial charge on any atom is 0.335 e. The first-order valence-corrected chi connectivity index (χ1v) is 7.51. The number of anilines is 1. The number of hydrogen-bond acceptors (Lipinski definition) is 3. The molecule has 0 saturated carbocycles. The van der Waals surface area contributed by atoms with E-state index in [1.807, 2.05) is 36.4 Å². The molecule has 3 nitrogen and oxygen atoms in total. The van der Waals surface area contributed by atoms with Crippen molar-refractivity contribution < 1.29 is 9.53 Å². The fraction of sp³-hybridized carbons (Fsp3) is 0.188. The van der Waals surface area contributed by atoms with Gasteiger partial charge in [-0.05, 0) is 42.8 Å². The van der Waals surface area contributed by atoms with E-state index in [1.165, 1.54) is 7.11 Å². The van der Waals surface area contributed by atoms with Crippen molar-refractivity contribution >= 4 is 39.2 Å². The first-order chi connectivity index (χ1) is 9.95. The van der Waals surface area contributed by atoms with Crippen molar-refractivity contribution in [1.29, 1.82) is 0 Å². The van der Waals surface area contributed by atoms with Crippen molar-refractivity contribution in [2.45, 2.75) is 12.5 Å². The van der Waals surface area contributed by atoms with Crippen LogP contribution in [0.2, 0.25) is 5.02 Å². The molecule has 0 aromatic heterocycles. The summed E-state index contributed by atoms with van der Waals surface area (Å²) in [5.41, 5.74) is 0.552. The van der Waals surface area contributed by atoms with Gasteiger partial charge in [0.1, 0.15) is 0 Å². The standard InChI is InChI=1S/C16H15BrClNO2/c1-16(15(20)21-2,11-6-8-12(17)9-7-11)19-14-5-3-4-13(18)10-14/h3-10,19H,1-2H3. The van der Waals surface area contributed by atoms with E-state index >= 15 is 0 Å². The van der Waals surface area contributed by atoms with Crippen LogP contribution in [0.15, 0.2) is 53.0 Å². The van der Waals surface area contributed by atoms with Gasteiger partial charge in [-0.25, -0.2) is 4.79 Å². The number of carbonyl (C=O) groups is 1. The molecule has 0 amide bonds. The minimum Gasteiger partial charge on any atom is -0.467 e. The van der Waals surface area contributed by atoms with E-state index in [4.69, 9.17) is 16.3 Å². The summed E-state index contributed by atoms with van der Waals surface area (Å²) in [6.45, 7) is 1.78. The molecule has 0 bridgehead atoms. The molecule has 2 rings (SSSR count). The van der Waals surface area contributed by atoms with Crippen molar-refractivity contribution in [2.24, 2.45) is 0 Å². The van der Waals surface area contributed by atoms with Crippen molar-refractivity contribution in [3.05, 3.63) is 63.6 Å². The second-order valence-corrected chi connectivity index (χ2v) is 6.11. The zero-order valence-electron chi connectivity index (χ0n) is 11.7. The summed E-state index contributed by atoms with van der Waals surface area (Å²) in [7, 11) is 1.37. The van der Waals surface area contributed by atoms with Crippen LogP contribution in [0.3, 0.4) is 0 Å². The zero-order valence-corrected chi connectivity index (χ0v) is 14.0. The van der Waals surface area contributed by atoms with Gasteiger partial charge >= 0.3 is 5.97 Å². The lowest BCUT2D eigenvalue weighted by Gasteiger charge is -2.29. The highest BCUT2D eigenvalue weighted by Gasteiger charge is 2.36. The maximum atomic E-state index is 12.3. The van der Waals surface area contributed by atoms with E-state index in [-0.39, 0.29) is 5.97 Å². The SMILES string of the molecule is COC(=O)C(C)(Nc1cccc(Cl)c1)c1ccc(Br)cc1. The molecule has 0 aliphatic carbocycles. The Balaban J connectivity index is 2.42. The van der Waals surface area contributed by atoms with E-state index in [9.17, 15) is 4.79 Å². The fourth-order valence-corrected chi connectivity index (χ4v) is 2.54. The molecule has 1 atom stereocenters. The summed E-state index contributed by atoms with van der Waals surface area (Å²) in [6, 6.07) is 14.7. The number of hydrogen-bond donors (Lipinski definition) is 1. The summed E-state index contributed by atoms with van der Waals surface area (Å²) < 4.78 is 5.90. The third-order valence-electron chi connectivity index (χ3n) is 3.23. The summed E-state index contributed by atoms with van der Waals surface area (Å²) in [5, 5.41) is 3.81. The molecular weight excluding hydrogens is 354 g/mol.